The van der Waals surface area contributed by atoms with Crippen LogP contribution in [0.3, 0.4) is 0 Å². The lowest BCUT2D eigenvalue weighted by molar-refractivity contribution is -0.153. The van der Waals surface area contributed by atoms with E-state index in [0.717, 1.165) is 25.7 Å². The number of likely N-dealkylation sites (N-methyl/N-ethyl adjacent to an activating group) is 1. The fourth-order valence-electron chi connectivity index (χ4n) is 3.61. The predicted molar refractivity (Wildman–Crippen MR) is 71.6 cm³/mol. The van der Waals surface area contributed by atoms with Crippen molar-refractivity contribution in [1.82, 2.24) is 15.1 Å². The number of amides is 3. The Labute approximate surface area is 118 Å². The van der Waals surface area contributed by atoms with Crippen LogP contribution in [-0.2, 0) is 14.4 Å². The van der Waals surface area contributed by atoms with Crippen molar-refractivity contribution in [2.75, 3.05) is 20.1 Å². The maximum absolute atomic E-state index is 12.2. The standard InChI is InChI=1S/C14H21N3O3/c1-16-8-11(18)17-7-6-10(12(17)14(16)20)15-13(19)9-4-2-3-5-9/h9-10,12H,2-8H2,1H3,(H,15,19)/t10-,12-/m0/s1. The van der Waals surface area contributed by atoms with Crippen molar-refractivity contribution in [1.29, 1.82) is 0 Å². The Balaban J connectivity index is 1.69. The lowest BCUT2D eigenvalue weighted by atomic mass is 10.0. The fraction of sp³-hybridized carbons (Fsp3) is 0.786. The number of nitrogens with zero attached hydrogens (tertiary/aromatic N) is 2. The van der Waals surface area contributed by atoms with Crippen LogP contribution in [0.4, 0.5) is 0 Å². The summed E-state index contributed by atoms with van der Waals surface area (Å²) in [5.41, 5.74) is 0. The molecule has 0 unspecified atom stereocenters. The first-order valence-corrected chi connectivity index (χ1v) is 7.43. The van der Waals surface area contributed by atoms with Gasteiger partial charge in [0.1, 0.15) is 6.04 Å². The van der Waals surface area contributed by atoms with Crippen LogP contribution in [-0.4, -0.2) is 59.7 Å². The summed E-state index contributed by atoms with van der Waals surface area (Å²) in [6, 6.07) is -0.714. The van der Waals surface area contributed by atoms with Crippen LogP contribution in [0.5, 0.6) is 0 Å². The van der Waals surface area contributed by atoms with Crippen molar-refractivity contribution < 1.29 is 14.4 Å². The quantitative estimate of drug-likeness (QED) is 0.757. The van der Waals surface area contributed by atoms with Gasteiger partial charge in [0.25, 0.3) is 0 Å². The lowest BCUT2D eigenvalue weighted by Gasteiger charge is -2.36. The summed E-state index contributed by atoms with van der Waals surface area (Å²) in [6.45, 7) is 0.720. The molecule has 3 fully saturated rings. The number of hydrogen-bond donors (Lipinski definition) is 1. The van der Waals surface area contributed by atoms with Crippen molar-refractivity contribution in [3.8, 4) is 0 Å². The first kappa shape index (κ1) is 13.4. The zero-order valence-corrected chi connectivity index (χ0v) is 11.8. The van der Waals surface area contributed by atoms with Gasteiger partial charge in [-0.25, -0.2) is 0 Å². The number of nitrogens with one attached hydrogen (secondary N) is 1. The highest BCUT2D eigenvalue weighted by atomic mass is 16.2. The minimum absolute atomic E-state index is 0.0188. The van der Waals surface area contributed by atoms with Gasteiger partial charge in [-0.05, 0) is 19.3 Å². The van der Waals surface area contributed by atoms with Crippen LogP contribution in [0, 0.1) is 5.92 Å². The summed E-state index contributed by atoms with van der Waals surface area (Å²) in [5, 5.41) is 3.01. The predicted octanol–water partition coefficient (Wildman–Crippen LogP) is -0.266. The van der Waals surface area contributed by atoms with Crippen LogP contribution >= 0.6 is 0 Å². The Kier molecular flexibility index (Phi) is 3.40. The molecule has 3 amide bonds. The SMILES string of the molecule is CN1CC(=O)N2CC[C@H](NC(=O)C3CCCC3)[C@H]2C1=O. The summed E-state index contributed by atoms with van der Waals surface area (Å²) in [6.07, 6.45) is 4.78. The van der Waals surface area contributed by atoms with E-state index in [1.807, 2.05) is 0 Å². The van der Waals surface area contributed by atoms with Gasteiger partial charge in [0, 0.05) is 19.5 Å². The molecule has 0 aromatic rings. The third-order valence-corrected chi connectivity index (χ3v) is 4.77. The van der Waals surface area contributed by atoms with E-state index in [9.17, 15) is 14.4 Å². The molecule has 110 valence electrons. The van der Waals surface area contributed by atoms with Gasteiger partial charge in [-0.2, -0.15) is 0 Å². The van der Waals surface area contributed by atoms with E-state index < -0.39 is 6.04 Å². The molecule has 2 heterocycles. The number of fused-ring (bicyclic) bond motifs is 1. The molecule has 6 nitrogen and oxygen atoms in total. The van der Waals surface area contributed by atoms with Gasteiger partial charge in [-0.15, -0.1) is 0 Å². The molecule has 2 atom stereocenters. The molecule has 0 aromatic carbocycles. The molecule has 20 heavy (non-hydrogen) atoms. The van der Waals surface area contributed by atoms with E-state index in [-0.39, 0.29) is 36.2 Å². The highest BCUT2D eigenvalue weighted by Crippen LogP contribution is 2.27. The summed E-state index contributed by atoms with van der Waals surface area (Å²) < 4.78 is 0. The molecule has 3 aliphatic rings. The minimum Gasteiger partial charge on any atom is -0.350 e. The molecule has 0 radical (unpaired) electrons. The molecule has 0 bridgehead atoms. The van der Waals surface area contributed by atoms with Crippen LogP contribution < -0.4 is 5.32 Å². The molecular weight excluding hydrogens is 258 g/mol. The highest BCUT2D eigenvalue weighted by Gasteiger charge is 2.47. The van der Waals surface area contributed by atoms with Gasteiger partial charge in [-0.1, -0.05) is 12.8 Å². The minimum atomic E-state index is -0.494. The molecule has 6 heteroatoms. The Bertz CT molecular complexity index is 445. The summed E-state index contributed by atoms with van der Waals surface area (Å²) in [7, 11) is 1.64. The number of piperazine rings is 1. The first-order chi connectivity index (χ1) is 9.58. The fourth-order valence-corrected chi connectivity index (χ4v) is 3.61. The number of carbonyl (C=O) groups excluding carboxylic acids is 3. The van der Waals surface area contributed by atoms with Crippen molar-refractivity contribution in [3.63, 3.8) is 0 Å². The van der Waals surface area contributed by atoms with E-state index in [4.69, 9.17) is 0 Å². The van der Waals surface area contributed by atoms with Crippen molar-refractivity contribution >= 4 is 17.7 Å². The summed E-state index contributed by atoms with van der Waals surface area (Å²) in [5.74, 6) is 0.0764. The van der Waals surface area contributed by atoms with Crippen LogP contribution in [0.2, 0.25) is 0 Å². The third kappa shape index (κ3) is 2.17. The number of carbonyl (C=O) groups is 3. The van der Waals surface area contributed by atoms with E-state index >= 15 is 0 Å². The van der Waals surface area contributed by atoms with Gasteiger partial charge in [-0.3, -0.25) is 14.4 Å². The Morgan fingerprint density at radius 2 is 1.90 bits per heavy atom. The largest absolute Gasteiger partial charge is 0.350 e. The first-order valence-electron chi connectivity index (χ1n) is 7.43. The van der Waals surface area contributed by atoms with Crippen molar-refractivity contribution in [2.45, 2.75) is 44.2 Å². The number of rotatable bonds is 2. The van der Waals surface area contributed by atoms with Crippen LogP contribution in [0.15, 0.2) is 0 Å². The van der Waals surface area contributed by atoms with Gasteiger partial charge in [0.2, 0.25) is 17.7 Å². The Morgan fingerprint density at radius 1 is 1.20 bits per heavy atom. The second kappa shape index (κ2) is 5.07. The highest BCUT2D eigenvalue weighted by molar-refractivity contribution is 5.96. The van der Waals surface area contributed by atoms with E-state index in [1.54, 1.807) is 11.9 Å². The van der Waals surface area contributed by atoms with Crippen LogP contribution in [0.25, 0.3) is 0 Å². The molecule has 2 aliphatic heterocycles. The Morgan fingerprint density at radius 3 is 2.60 bits per heavy atom. The van der Waals surface area contributed by atoms with Crippen LogP contribution in [0.1, 0.15) is 32.1 Å². The molecule has 0 spiro atoms. The van der Waals surface area contributed by atoms with Crippen molar-refractivity contribution in [3.05, 3.63) is 0 Å². The monoisotopic (exact) mass is 279 g/mol. The molecule has 1 saturated carbocycles. The normalized spacial score (nSPS) is 30.9. The number of hydrogen-bond acceptors (Lipinski definition) is 3. The Hall–Kier alpha value is -1.59. The van der Waals surface area contributed by atoms with Gasteiger partial charge >= 0.3 is 0 Å². The molecule has 1 N–H and O–H groups in total. The second-order valence-electron chi connectivity index (χ2n) is 6.11. The third-order valence-electron chi connectivity index (χ3n) is 4.77. The average Bonchev–Trinajstić information content (AvgIpc) is 3.05. The van der Waals surface area contributed by atoms with Crippen molar-refractivity contribution in [2.24, 2.45) is 5.92 Å². The van der Waals surface area contributed by atoms with E-state index in [1.165, 1.54) is 4.90 Å². The van der Waals surface area contributed by atoms with Gasteiger partial charge in [0.05, 0.1) is 12.6 Å². The van der Waals surface area contributed by atoms with Gasteiger partial charge < -0.3 is 15.1 Å². The summed E-state index contributed by atoms with van der Waals surface area (Å²) in [4.78, 5) is 39.5. The molecular formula is C14H21N3O3. The molecule has 0 aromatic heterocycles. The second-order valence-corrected chi connectivity index (χ2v) is 6.11. The average molecular weight is 279 g/mol. The van der Waals surface area contributed by atoms with E-state index in [0.29, 0.717) is 13.0 Å². The van der Waals surface area contributed by atoms with E-state index in [2.05, 4.69) is 5.32 Å². The zero-order valence-electron chi connectivity index (χ0n) is 11.8. The van der Waals surface area contributed by atoms with Gasteiger partial charge in [0.15, 0.2) is 0 Å². The molecule has 3 rings (SSSR count). The zero-order chi connectivity index (χ0) is 14.3. The topological polar surface area (TPSA) is 69.7 Å². The molecule has 2 saturated heterocycles. The maximum atomic E-state index is 12.2. The lowest BCUT2D eigenvalue weighted by Crippen LogP contribution is -2.61. The smallest absolute Gasteiger partial charge is 0.247 e. The maximum Gasteiger partial charge on any atom is 0.247 e. The molecule has 1 aliphatic carbocycles. The summed E-state index contributed by atoms with van der Waals surface area (Å²) >= 11 is 0.